The van der Waals surface area contributed by atoms with Crippen LogP contribution in [0.2, 0.25) is 5.02 Å². The van der Waals surface area contributed by atoms with Crippen molar-refractivity contribution in [2.75, 3.05) is 17.2 Å². The highest BCUT2D eigenvalue weighted by atomic mass is 35.5. The van der Waals surface area contributed by atoms with Gasteiger partial charge < -0.3 is 16.0 Å². The van der Waals surface area contributed by atoms with E-state index in [4.69, 9.17) is 16.6 Å². The Bertz CT molecular complexity index is 1280. The average Bonchev–Trinajstić information content (AvgIpc) is 3.30. The summed E-state index contributed by atoms with van der Waals surface area (Å²) in [5, 5.41) is 15.3. The maximum absolute atomic E-state index is 6.13. The van der Waals surface area contributed by atoms with E-state index in [2.05, 4.69) is 58.1 Å². The smallest absolute Gasteiger partial charge is 0.229 e. The minimum Gasteiger partial charge on any atom is -0.340 e. The molecule has 0 spiro atoms. The van der Waals surface area contributed by atoms with Gasteiger partial charge in [-0.05, 0) is 68.3 Å². The summed E-state index contributed by atoms with van der Waals surface area (Å²) < 4.78 is 1.93. The molecule has 0 amide bonds. The number of benzene rings is 2. The Kier molecular flexibility index (Phi) is 5.98. The van der Waals surface area contributed by atoms with E-state index in [-0.39, 0.29) is 6.04 Å². The molecule has 0 fully saturated rings. The number of halogens is 1. The number of rotatable bonds is 6. The van der Waals surface area contributed by atoms with Crippen LogP contribution in [0.3, 0.4) is 0 Å². The lowest BCUT2D eigenvalue weighted by Crippen LogP contribution is -2.23. The quantitative estimate of drug-likeness (QED) is 0.343. The summed E-state index contributed by atoms with van der Waals surface area (Å²) in [4.78, 5) is 9.36. The number of hydrogen-bond donors (Lipinski definition) is 3. The van der Waals surface area contributed by atoms with Crippen LogP contribution >= 0.6 is 11.6 Å². The molecule has 0 atom stereocenters. The molecule has 4 aromatic rings. The van der Waals surface area contributed by atoms with Gasteiger partial charge in [-0.25, -0.2) is 4.98 Å². The van der Waals surface area contributed by atoms with E-state index in [1.165, 1.54) is 11.1 Å². The Morgan fingerprint density at radius 2 is 1.91 bits per heavy atom. The predicted octanol–water partition coefficient (Wildman–Crippen LogP) is 5.71. The lowest BCUT2D eigenvalue weighted by molar-refractivity contribution is 0.532. The van der Waals surface area contributed by atoms with Crippen molar-refractivity contribution in [3.63, 3.8) is 0 Å². The number of nitrogens with one attached hydrogen (secondary N) is 3. The van der Waals surface area contributed by atoms with E-state index in [1.807, 2.05) is 47.5 Å². The third-order valence-corrected chi connectivity index (χ3v) is 5.90. The second-order valence-corrected chi connectivity index (χ2v) is 8.87. The molecule has 0 aliphatic carbocycles. The van der Waals surface area contributed by atoms with Crippen molar-refractivity contribution >= 4 is 34.7 Å². The van der Waals surface area contributed by atoms with Gasteiger partial charge in [-0.3, -0.25) is 4.68 Å². The predicted molar refractivity (Wildman–Crippen MR) is 134 cm³/mol. The first-order chi connectivity index (χ1) is 16.0. The first kappa shape index (κ1) is 21.4. The highest BCUT2D eigenvalue weighted by molar-refractivity contribution is 6.30. The molecule has 1 aliphatic heterocycles. The number of fused-ring (bicyclic) bond motifs is 1. The molecule has 3 heterocycles. The normalized spacial score (nSPS) is 13.1. The Labute approximate surface area is 198 Å². The molecule has 168 valence electrons. The summed E-state index contributed by atoms with van der Waals surface area (Å²) >= 11 is 6.13. The molecule has 33 heavy (non-hydrogen) atoms. The van der Waals surface area contributed by atoms with Crippen LogP contribution in [0, 0.1) is 0 Å². The monoisotopic (exact) mass is 459 g/mol. The fourth-order valence-corrected chi connectivity index (χ4v) is 4.09. The van der Waals surface area contributed by atoms with Gasteiger partial charge in [0, 0.05) is 52.5 Å². The molecule has 2 aromatic heterocycles. The number of anilines is 4. The first-order valence-electron chi connectivity index (χ1n) is 11.1. The van der Waals surface area contributed by atoms with Gasteiger partial charge >= 0.3 is 0 Å². The average molecular weight is 460 g/mol. The van der Waals surface area contributed by atoms with E-state index >= 15 is 0 Å². The highest BCUT2D eigenvalue weighted by Gasteiger charge is 2.15. The SMILES string of the molecule is CC(C)n1cc(-c2cnc(Nc3cccc(Cl)c3)nc2Nc2ccc3c(c2)CNCC3)cn1. The van der Waals surface area contributed by atoms with Gasteiger partial charge in [0.1, 0.15) is 5.82 Å². The summed E-state index contributed by atoms with van der Waals surface area (Å²) in [6.07, 6.45) is 6.75. The Balaban J connectivity index is 1.51. The zero-order chi connectivity index (χ0) is 22.8. The number of nitrogens with zero attached hydrogens (tertiary/aromatic N) is 4. The van der Waals surface area contributed by atoms with E-state index in [1.54, 1.807) is 0 Å². The molecule has 5 rings (SSSR count). The lowest BCUT2D eigenvalue weighted by Gasteiger charge is -2.19. The molecule has 0 saturated heterocycles. The van der Waals surface area contributed by atoms with E-state index in [0.29, 0.717) is 16.8 Å². The standard InChI is InChI=1S/C25H26ClN7/c1-16(2)33-15-19(13-29-33)23-14-28-25(31-21-5-3-4-20(26)11-21)32-24(23)30-22-7-6-17-8-9-27-12-18(17)10-22/h3-7,10-11,13-16,27H,8-9,12H2,1-2H3,(H2,28,30,31,32). The van der Waals surface area contributed by atoms with Crippen molar-refractivity contribution in [1.29, 1.82) is 0 Å². The van der Waals surface area contributed by atoms with Gasteiger partial charge in [-0.15, -0.1) is 0 Å². The van der Waals surface area contributed by atoms with E-state index in [9.17, 15) is 0 Å². The van der Waals surface area contributed by atoms with Gasteiger partial charge in [-0.1, -0.05) is 23.7 Å². The van der Waals surface area contributed by atoms with Gasteiger partial charge in [0.2, 0.25) is 5.95 Å². The molecular formula is C25H26ClN7. The summed E-state index contributed by atoms with van der Waals surface area (Å²) in [6, 6.07) is 14.3. The summed E-state index contributed by atoms with van der Waals surface area (Å²) in [6.45, 7) is 6.11. The van der Waals surface area contributed by atoms with Gasteiger partial charge in [0.05, 0.1) is 6.20 Å². The molecule has 3 N–H and O–H groups in total. The second-order valence-electron chi connectivity index (χ2n) is 8.43. The zero-order valence-electron chi connectivity index (χ0n) is 18.6. The third-order valence-electron chi connectivity index (χ3n) is 5.67. The van der Waals surface area contributed by atoms with Crippen molar-refractivity contribution in [1.82, 2.24) is 25.1 Å². The Morgan fingerprint density at radius 1 is 1.03 bits per heavy atom. The van der Waals surface area contributed by atoms with Crippen molar-refractivity contribution in [2.45, 2.75) is 32.9 Å². The molecule has 0 radical (unpaired) electrons. The summed E-state index contributed by atoms with van der Waals surface area (Å²) in [5.74, 6) is 1.20. The molecule has 1 aliphatic rings. The van der Waals surface area contributed by atoms with E-state index in [0.717, 1.165) is 42.0 Å². The van der Waals surface area contributed by atoms with Crippen LogP contribution < -0.4 is 16.0 Å². The van der Waals surface area contributed by atoms with Crippen molar-refractivity contribution in [3.05, 3.63) is 77.2 Å². The van der Waals surface area contributed by atoms with Crippen LogP contribution in [0.15, 0.2) is 61.1 Å². The van der Waals surface area contributed by atoms with Crippen molar-refractivity contribution < 1.29 is 0 Å². The van der Waals surface area contributed by atoms with E-state index < -0.39 is 0 Å². The van der Waals surface area contributed by atoms with Crippen LogP contribution in [0.4, 0.5) is 23.1 Å². The number of hydrogen-bond acceptors (Lipinski definition) is 6. The minimum atomic E-state index is 0.271. The van der Waals surface area contributed by atoms with Gasteiger partial charge in [0.25, 0.3) is 0 Å². The minimum absolute atomic E-state index is 0.271. The van der Waals surface area contributed by atoms with Crippen LogP contribution in [0.1, 0.15) is 31.0 Å². The van der Waals surface area contributed by atoms with Crippen LogP contribution in [0.5, 0.6) is 0 Å². The number of aromatic nitrogens is 4. The Morgan fingerprint density at radius 3 is 2.73 bits per heavy atom. The highest BCUT2D eigenvalue weighted by Crippen LogP contribution is 2.31. The largest absolute Gasteiger partial charge is 0.340 e. The van der Waals surface area contributed by atoms with Gasteiger partial charge in [-0.2, -0.15) is 10.1 Å². The fourth-order valence-electron chi connectivity index (χ4n) is 3.90. The molecule has 0 unspecified atom stereocenters. The van der Waals surface area contributed by atoms with Crippen molar-refractivity contribution in [2.24, 2.45) is 0 Å². The van der Waals surface area contributed by atoms with Crippen LogP contribution in [-0.2, 0) is 13.0 Å². The molecule has 0 bridgehead atoms. The molecule has 2 aromatic carbocycles. The lowest BCUT2D eigenvalue weighted by atomic mass is 10.0. The summed E-state index contributed by atoms with van der Waals surface area (Å²) in [7, 11) is 0. The van der Waals surface area contributed by atoms with Crippen LogP contribution in [0.25, 0.3) is 11.1 Å². The van der Waals surface area contributed by atoms with Crippen LogP contribution in [-0.4, -0.2) is 26.3 Å². The summed E-state index contributed by atoms with van der Waals surface area (Å²) in [5.41, 5.74) is 6.36. The topological polar surface area (TPSA) is 79.7 Å². The second kappa shape index (κ2) is 9.21. The molecule has 7 nitrogen and oxygen atoms in total. The maximum Gasteiger partial charge on any atom is 0.229 e. The zero-order valence-corrected chi connectivity index (χ0v) is 19.4. The maximum atomic E-state index is 6.13. The third kappa shape index (κ3) is 4.84. The fraction of sp³-hybridized carbons (Fsp3) is 0.240. The molecule has 8 heteroatoms. The Hall–Kier alpha value is -3.42. The van der Waals surface area contributed by atoms with Gasteiger partial charge in [0.15, 0.2) is 0 Å². The first-order valence-corrected chi connectivity index (χ1v) is 11.5. The molecular weight excluding hydrogens is 434 g/mol. The van der Waals surface area contributed by atoms with Crippen molar-refractivity contribution in [3.8, 4) is 11.1 Å². The molecule has 0 saturated carbocycles.